The van der Waals surface area contributed by atoms with Crippen LogP contribution < -0.4 is 4.74 Å². The van der Waals surface area contributed by atoms with Crippen LogP contribution in [0.1, 0.15) is 18.6 Å². The number of aliphatic hydroxyl groups excluding tert-OH is 1. The molecule has 4 heteroatoms. The molecule has 14 heavy (non-hydrogen) atoms. The van der Waals surface area contributed by atoms with Gasteiger partial charge in [0.2, 0.25) is 0 Å². The van der Waals surface area contributed by atoms with E-state index in [9.17, 15) is 9.50 Å². The lowest BCUT2D eigenvalue weighted by atomic mass is 10.1. The summed E-state index contributed by atoms with van der Waals surface area (Å²) in [5, 5.41) is 9.74. The van der Waals surface area contributed by atoms with Gasteiger partial charge in [0.25, 0.3) is 0 Å². The average molecular weight is 263 g/mol. The van der Waals surface area contributed by atoms with Gasteiger partial charge in [0.1, 0.15) is 11.6 Å². The van der Waals surface area contributed by atoms with Crippen molar-refractivity contribution in [1.82, 2.24) is 0 Å². The summed E-state index contributed by atoms with van der Waals surface area (Å²) in [6.07, 6.45) is -0.777. The molecule has 0 saturated heterocycles. The highest BCUT2D eigenvalue weighted by Gasteiger charge is 2.18. The molecule has 0 bridgehead atoms. The molecule has 0 aliphatic rings. The van der Waals surface area contributed by atoms with E-state index in [0.29, 0.717) is 11.3 Å². The minimum Gasteiger partial charge on any atom is -0.496 e. The van der Waals surface area contributed by atoms with E-state index >= 15 is 0 Å². The van der Waals surface area contributed by atoms with Crippen molar-refractivity contribution in [3.05, 3.63) is 29.6 Å². The fourth-order valence-electron chi connectivity index (χ4n) is 1.18. The Balaban J connectivity index is 3.10. The molecule has 0 aliphatic heterocycles. The quantitative estimate of drug-likeness (QED) is 0.849. The van der Waals surface area contributed by atoms with E-state index in [2.05, 4.69) is 15.9 Å². The van der Waals surface area contributed by atoms with Crippen molar-refractivity contribution in [3.63, 3.8) is 0 Å². The molecule has 1 rings (SSSR count). The number of halogens is 2. The van der Waals surface area contributed by atoms with Crippen LogP contribution in [0.4, 0.5) is 4.39 Å². The van der Waals surface area contributed by atoms with Crippen molar-refractivity contribution in [1.29, 1.82) is 0 Å². The third kappa shape index (κ3) is 2.45. The second-order valence-corrected chi connectivity index (χ2v) is 4.45. The molecule has 1 N–H and O–H groups in total. The van der Waals surface area contributed by atoms with Crippen LogP contribution in [-0.4, -0.2) is 17.0 Å². The lowest BCUT2D eigenvalue weighted by Gasteiger charge is -2.16. The van der Waals surface area contributed by atoms with Gasteiger partial charge in [-0.2, -0.15) is 0 Å². The number of rotatable bonds is 3. The van der Waals surface area contributed by atoms with Crippen LogP contribution in [0.15, 0.2) is 18.2 Å². The maximum atomic E-state index is 12.9. The molecule has 78 valence electrons. The number of methoxy groups -OCH3 is 1. The fourth-order valence-corrected chi connectivity index (χ4v) is 1.47. The summed E-state index contributed by atoms with van der Waals surface area (Å²) >= 11 is 3.24. The number of hydrogen-bond donors (Lipinski definition) is 1. The minimum atomic E-state index is -0.777. The zero-order valence-electron chi connectivity index (χ0n) is 8.00. The van der Waals surface area contributed by atoms with Crippen molar-refractivity contribution >= 4 is 15.9 Å². The molecule has 0 amide bonds. The van der Waals surface area contributed by atoms with E-state index < -0.39 is 6.10 Å². The van der Waals surface area contributed by atoms with Crippen LogP contribution >= 0.6 is 15.9 Å². The zero-order valence-corrected chi connectivity index (χ0v) is 9.58. The second kappa shape index (κ2) is 4.75. The molecule has 0 fully saturated rings. The van der Waals surface area contributed by atoms with Gasteiger partial charge in [0.15, 0.2) is 0 Å². The summed E-state index contributed by atoms with van der Waals surface area (Å²) in [5.41, 5.74) is 0.455. The summed E-state index contributed by atoms with van der Waals surface area (Å²) in [5.74, 6) is 0.109. The Labute approximate surface area is 90.8 Å². The number of hydrogen-bond acceptors (Lipinski definition) is 2. The summed E-state index contributed by atoms with van der Waals surface area (Å²) < 4.78 is 17.9. The molecule has 1 aromatic carbocycles. The van der Waals surface area contributed by atoms with E-state index in [1.54, 1.807) is 6.92 Å². The molecule has 2 unspecified atom stereocenters. The number of ether oxygens (including phenoxy) is 1. The van der Waals surface area contributed by atoms with Crippen LogP contribution in [0, 0.1) is 5.82 Å². The summed E-state index contributed by atoms with van der Waals surface area (Å²) in [7, 11) is 1.49. The first-order valence-corrected chi connectivity index (χ1v) is 5.13. The van der Waals surface area contributed by atoms with Gasteiger partial charge in [0.05, 0.1) is 13.2 Å². The number of aliphatic hydroxyl groups is 1. The molecule has 0 spiro atoms. The van der Waals surface area contributed by atoms with Gasteiger partial charge >= 0.3 is 0 Å². The molecule has 0 radical (unpaired) electrons. The fraction of sp³-hybridized carbons (Fsp3) is 0.400. The normalized spacial score (nSPS) is 14.9. The highest BCUT2D eigenvalue weighted by Crippen LogP contribution is 2.30. The van der Waals surface area contributed by atoms with Gasteiger partial charge < -0.3 is 9.84 Å². The number of benzene rings is 1. The Morgan fingerprint density at radius 2 is 2.14 bits per heavy atom. The van der Waals surface area contributed by atoms with Crippen molar-refractivity contribution in [2.24, 2.45) is 0 Å². The predicted octanol–water partition coefficient (Wildman–Crippen LogP) is 2.65. The van der Waals surface area contributed by atoms with Crippen molar-refractivity contribution < 1.29 is 14.2 Å². The zero-order chi connectivity index (χ0) is 10.7. The van der Waals surface area contributed by atoms with Gasteiger partial charge in [-0.25, -0.2) is 4.39 Å². The van der Waals surface area contributed by atoms with Gasteiger partial charge in [-0.1, -0.05) is 15.9 Å². The Kier molecular flexibility index (Phi) is 3.89. The third-order valence-electron chi connectivity index (χ3n) is 1.95. The average Bonchev–Trinajstić information content (AvgIpc) is 2.16. The molecule has 0 saturated carbocycles. The van der Waals surface area contributed by atoms with Gasteiger partial charge in [-0.15, -0.1) is 0 Å². The largest absolute Gasteiger partial charge is 0.496 e. The van der Waals surface area contributed by atoms with E-state index in [4.69, 9.17) is 4.74 Å². The Morgan fingerprint density at radius 1 is 1.50 bits per heavy atom. The monoisotopic (exact) mass is 262 g/mol. The van der Waals surface area contributed by atoms with Gasteiger partial charge in [0, 0.05) is 10.4 Å². The molecule has 0 aliphatic carbocycles. The van der Waals surface area contributed by atoms with Crippen LogP contribution in [0.3, 0.4) is 0 Å². The topological polar surface area (TPSA) is 29.5 Å². The first kappa shape index (κ1) is 11.5. The molecule has 1 aromatic rings. The smallest absolute Gasteiger partial charge is 0.124 e. The highest BCUT2D eigenvalue weighted by molar-refractivity contribution is 9.09. The standard InChI is InChI=1S/C10H12BrFO2/c1-6(11)10(13)8-5-7(12)3-4-9(8)14-2/h3-6,10,13H,1-2H3. The van der Waals surface area contributed by atoms with E-state index in [-0.39, 0.29) is 10.6 Å². The predicted molar refractivity (Wildman–Crippen MR) is 56.3 cm³/mol. The van der Waals surface area contributed by atoms with E-state index in [1.165, 1.54) is 25.3 Å². The van der Waals surface area contributed by atoms with Gasteiger partial charge in [-0.3, -0.25) is 0 Å². The molecular weight excluding hydrogens is 251 g/mol. The first-order chi connectivity index (χ1) is 6.56. The van der Waals surface area contributed by atoms with Crippen LogP contribution in [0.5, 0.6) is 5.75 Å². The van der Waals surface area contributed by atoms with E-state index in [0.717, 1.165) is 0 Å². The second-order valence-electron chi connectivity index (χ2n) is 3.01. The Morgan fingerprint density at radius 3 is 2.64 bits per heavy atom. The molecule has 0 aromatic heterocycles. The molecule has 2 nitrogen and oxygen atoms in total. The Hall–Kier alpha value is -0.610. The molecular formula is C10H12BrFO2. The molecule has 2 atom stereocenters. The summed E-state index contributed by atoms with van der Waals surface area (Å²) in [6.45, 7) is 1.79. The van der Waals surface area contributed by atoms with Gasteiger partial charge in [-0.05, 0) is 25.1 Å². The lowest BCUT2D eigenvalue weighted by Crippen LogP contribution is -2.09. The lowest BCUT2D eigenvalue weighted by molar-refractivity contribution is 0.176. The SMILES string of the molecule is COc1ccc(F)cc1C(O)C(C)Br. The van der Waals surface area contributed by atoms with E-state index in [1.807, 2.05) is 0 Å². The van der Waals surface area contributed by atoms with Crippen LogP contribution in [-0.2, 0) is 0 Å². The highest BCUT2D eigenvalue weighted by atomic mass is 79.9. The number of alkyl halides is 1. The van der Waals surface area contributed by atoms with Crippen LogP contribution in [0.25, 0.3) is 0 Å². The maximum absolute atomic E-state index is 12.9. The first-order valence-electron chi connectivity index (χ1n) is 4.22. The van der Waals surface area contributed by atoms with Crippen molar-refractivity contribution in [2.45, 2.75) is 17.9 Å². The molecule has 0 heterocycles. The minimum absolute atomic E-state index is 0.154. The maximum Gasteiger partial charge on any atom is 0.124 e. The third-order valence-corrected chi connectivity index (χ3v) is 2.45. The summed E-state index contributed by atoms with van der Waals surface area (Å²) in [4.78, 5) is -0.154. The summed E-state index contributed by atoms with van der Waals surface area (Å²) in [6, 6.07) is 4.08. The van der Waals surface area contributed by atoms with Crippen molar-refractivity contribution in [2.75, 3.05) is 7.11 Å². The van der Waals surface area contributed by atoms with Crippen molar-refractivity contribution in [3.8, 4) is 5.75 Å². The Bertz CT molecular complexity index is 315. The van der Waals surface area contributed by atoms with Crippen LogP contribution in [0.2, 0.25) is 0 Å².